The molecule has 2 aromatic rings. The zero-order valence-electron chi connectivity index (χ0n) is 19.9. The predicted octanol–water partition coefficient (Wildman–Crippen LogP) is 5.51. The molecule has 0 aliphatic carbocycles. The van der Waals surface area contributed by atoms with Gasteiger partial charge in [-0.2, -0.15) is 0 Å². The quantitative estimate of drug-likeness (QED) is 0.392. The Bertz CT molecular complexity index is 1220. The predicted molar refractivity (Wildman–Crippen MR) is 146 cm³/mol. The maximum atomic E-state index is 13.6. The Morgan fingerprint density at radius 2 is 1.66 bits per heavy atom. The number of anilines is 1. The Labute approximate surface area is 229 Å². The SMILES string of the molecule is C[C@H](C(=O)NC(C)(C)C)N(Cc1cccc(Br)c1)C(=O)CN(c1cc(Cl)c(Cl)cc1Cl)S(C)(=O)=O. The van der Waals surface area contributed by atoms with Crippen LogP contribution in [0, 0.1) is 0 Å². The molecule has 35 heavy (non-hydrogen) atoms. The monoisotopic (exact) mass is 625 g/mol. The van der Waals surface area contributed by atoms with Gasteiger partial charge in [-0.15, -0.1) is 0 Å². The fraction of sp³-hybridized carbons (Fsp3) is 0.391. The molecular formula is C23H27BrCl3N3O4S. The van der Waals surface area contributed by atoms with E-state index in [9.17, 15) is 18.0 Å². The zero-order valence-corrected chi connectivity index (χ0v) is 24.6. The molecule has 0 aromatic heterocycles. The van der Waals surface area contributed by atoms with Crippen molar-refractivity contribution >= 4 is 78.3 Å². The van der Waals surface area contributed by atoms with Crippen molar-refractivity contribution in [3.63, 3.8) is 0 Å². The van der Waals surface area contributed by atoms with E-state index < -0.39 is 34.1 Å². The van der Waals surface area contributed by atoms with E-state index in [4.69, 9.17) is 34.8 Å². The number of nitrogens with one attached hydrogen (secondary N) is 1. The van der Waals surface area contributed by atoms with Crippen LogP contribution in [-0.2, 0) is 26.2 Å². The lowest BCUT2D eigenvalue weighted by Gasteiger charge is -2.33. The van der Waals surface area contributed by atoms with E-state index in [1.54, 1.807) is 13.0 Å². The average molecular weight is 628 g/mol. The molecule has 192 valence electrons. The largest absolute Gasteiger partial charge is 0.350 e. The fourth-order valence-corrected chi connectivity index (χ4v) is 5.18. The molecule has 2 amide bonds. The molecule has 0 fully saturated rings. The van der Waals surface area contributed by atoms with Crippen molar-refractivity contribution in [2.24, 2.45) is 0 Å². The Morgan fingerprint density at radius 3 is 2.20 bits per heavy atom. The Kier molecular flexibility index (Phi) is 9.92. The second kappa shape index (κ2) is 11.7. The third kappa shape index (κ3) is 8.53. The molecule has 12 heteroatoms. The number of carbonyl (C=O) groups excluding carboxylic acids is 2. The van der Waals surface area contributed by atoms with Gasteiger partial charge < -0.3 is 10.2 Å². The number of nitrogens with zero attached hydrogens (tertiary/aromatic N) is 2. The van der Waals surface area contributed by atoms with E-state index in [0.29, 0.717) is 0 Å². The van der Waals surface area contributed by atoms with Gasteiger partial charge in [-0.05, 0) is 57.5 Å². The van der Waals surface area contributed by atoms with Crippen LogP contribution in [0.1, 0.15) is 33.3 Å². The van der Waals surface area contributed by atoms with Crippen LogP contribution in [0.2, 0.25) is 15.1 Å². The molecular weight excluding hydrogens is 601 g/mol. The Morgan fingerprint density at radius 1 is 1.06 bits per heavy atom. The maximum Gasteiger partial charge on any atom is 0.244 e. The number of halogens is 4. The summed E-state index contributed by atoms with van der Waals surface area (Å²) in [5, 5.41) is 3.09. The van der Waals surface area contributed by atoms with Crippen molar-refractivity contribution < 1.29 is 18.0 Å². The summed E-state index contributed by atoms with van der Waals surface area (Å²) in [7, 11) is -3.96. The van der Waals surface area contributed by atoms with Gasteiger partial charge in [-0.1, -0.05) is 62.9 Å². The number of hydrogen-bond donors (Lipinski definition) is 1. The maximum absolute atomic E-state index is 13.6. The van der Waals surface area contributed by atoms with Gasteiger partial charge in [0.05, 0.1) is 27.0 Å². The van der Waals surface area contributed by atoms with Gasteiger partial charge >= 0.3 is 0 Å². The molecule has 0 saturated heterocycles. The molecule has 2 aromatic carbocycles. The lowest BCUT2D eigenvalue weighted by atomic mass is 10.1. The lowest BCUT2D eigenvalue weighted by molar-refractivity contribution is -0.140. The number of benzene rings is 2. The number of sulfonamides is 1. The molecule has 0 unspecified atom stereocenters. The standard InChI is InChI=1S/C23H27BrCl3N3O4S/c1-14(22(32)28-23(2,3)4)29(12-15-7-6-8-16(24)9-15)21(31)13-30(35(5,33)34)20-11-18(26)17(25)10-19(20)27/h6-11,14H,12-13H2,1-5H3,(H,28,32)/t14-/m1/s1. The highest BCUT2D eigenvalue weighted by molar-refractivity contribution is 9.10. The van der Waals surface area contributed by atoms with Crippen molar-refractivity contribution in [1.29, 1.82) is 0 Å². The van der Waals surface area contributed by atoms with Gasteiger partial charge in [-0.3, -0.25) is 13.9 Å². The molecule has 0 bridgehead atoms. The van der Waals surface area contributed by atoms with Crippen LogP contribution in [0.3, 0.4) is 0 Å². The molecule has 0 radical (unpaired) electrons. The molecule has 1 N–H and O–H groups in total. The number of hydrogen-bond acceptors (Lipinski definition) is 4. The molecule has 0 aliphatic rings. The summed E-state index contributed by atoms with van der Waals surface area (Å²) in [6.45, 7) is 6.55. The third-order valence-corrected chi connectivity index (χ3v) is 7.49. The summed E-state index contributed by atoms with van der Waals surface area (Å²) in [4.78, 5) is 27.8. The number of amides is 2. The van der Waals surface area contributed by atoms with Crippen LogP contribution in [0.25, 0.3) is 0 Å². The van der Waals surface area contributed by atoms with E-state index in [1.807, 2.05) is 39.0 Å². The minimum absolute atomic E-state index is 0.00567. The smallest absolute Gasteiger partial charge is 0.244 e. The summed E-state index contributed by atoms with van der Waals surface area (Å²) in [6, 6.07) is 8.97. The normalized spacial score (nSPS) is 12.7. The van der Waals surface area contributed by atoms with Crippen molar-refractivity contribution in [2.75, 3.05) is 17.1 Å². The minimum Gasteiger partial charge on any atom is -0.350 e. The topological polar surface area (TPSA) is 86.8 Å². The van der Waals surface area contributed by atoms with Gasteiger partial charge in [0.25, 0.3) is 0 Å². The van der Waals surface area contributed by atoms with Crippen molar-refractivity contribution in [3.05, 3.63) is 61.5 Å². The van der Waals surface area contributed by atoms with Crippen LogP contribution in [-0.4, -0.2) is 49.5 Å². The molecule has 0 aliphatic heterocycles. The Hall–Kier alpha value is -1.52. The highest BCUT2D eigenvalue weighted by Crippen LogP contribution is 2.35. The molecule has 2 rings (SSSR count). The van der Waals surface area contributed by atoms with Crippen molar-refractivity contribution in [1.82, 2.24) is 10.2 Å². The molecule has 1 atom stereocenters. The third-order valence-electron chi connectivity index (χ3n) is 4.85. The summed E-state index contributed by atoms with van der Waals surface area (Å²) >= 11 is 21.7. The second-order valence-corrected chi connectivity index (χ2v) is 13.1. The summed E-state index contributed by atoms with van der Waals surface area (Å²) in [5.41, 5.74) is 0.232. The highest BCUT2D eigenvalue weighted by Gasteiger charge is 2.32. The fourth-order valence-electron chi connectivity index (χ4n) is 3.19. The first-order valence-electron chi connectivity index (χ1n) is 10.5. The second-order valence-electron chi connectivity index (χ2n) is 9.05. The molecule has 0 saturated carbocycles. The summed E-state index contributed by atoms with van der Waals surface area (Å²) in [5.74, 6) is -0.978. The summed E-state index contributed by atoms with van der Waals surface area (Å²) in [6.07, 6.45) is 0.952. The van der Waals surface area contributed by atoms with Crippen LogP contribution in [0.15, 0.2) is 40.9 Å². The first-order chi connectivity index (χ1) is 16.0. The van der Waals surface area contributed by atoms with Gasteiger partial charge in [0.15, 0.2) is 0 Å². The van der Waals surface area contributed by atoms with Crippen LogP contribution < -0.4 is 9.62 Å². The first-order valence-corrected chi connectivity index (χ1v) is 14.3. The summed E-state index contributed by atoms with van der Waals surface area (Å²) < 4.78 is 27.0. The van der Waals surface area contributed by atoms with Gasteiger partial charge in [-0.25, -0.2) is 8.42 Å². The van der Waals surface area contributed by atoms with E-state index in [2.05, 4.69) is 21.2 Å². The Balaban J connectivity index is 2.48. The first kappa shape index (κ1) is 29.7. The highest BCUT2D eigenvalue weighted by atomic mass is 79.9. The van der Waals surface area contributed by atoms with Crippen LogP contribution in [0.5, 0.6) is 0 Å². The van der Waals surface area contributed by atoms with E-state index in [0.717, 1.165) is 20.6 Å². The van der Waals surface area contributed by atoms with Crippen LogP contribution in [0.4, 0.5) is 5.69 Å². The number of rotatable bonds is 8. The molecule has 0 heterocycles. The van der Waals surface area contributed by atoms with Gasteiger partial charge in [0, 0.05) is 16.6 Å². The zero-order chi connectivity index (χ0) is 26.7. The van der Waals surface area contributed by atoms with E-state index in [-0.39, 0.29) is 33.2 Å². The van der Waals surface area contributed by atoms with E-state index >= 15 is 0 Å². The number of carbonyl (C=O) groups is 2. The molecule has 0 spiro atoms. The van der Waals surface area contributed by atoms with Crippen molar-refractivity contribution in [2.45, 2.75) is 45.8 Å². The van der Waals surface area contributed by atoms with Crippen LogP contribution >= 0.6 is 50.7 Å². The van der Waals surface area contributed by atoms with Gasteiger partial charge in [0.1, 0.15) is 12.6 Å². The minimum atomic E-state index is -3.96. The van der Waals surface area contributed by atoms with Gasteiger partial charge in [0.2, 0.25) is 21.8 Å². The molecule has 7 nitrogen and oxygen atoms in total. The van der Waals surface area contributed by atoms with E-state index in [1.165, 1.54) is 17.0 Å². The lowest BCUT2D eigenvalue weighted by Crippen LogP contribution is -2.54. The van der Waals surface area contributed by atoms with Crippen molar-refractivity contribution in [3.8, 4) is 0 Å². The average Bonchev–Trinajstić information content (AvgIpc) is 2.70.